The summed E-state index contributed by atoms with van der Waals surface area (Å²) in [6.07, 6.45) is 8.22. The van der Waals surface area contributed by atoms with Crippen molar-refractivity contribution >= 4 is 46.3 Å². The first-order chi connectivity index (χ1) is 20.4. The predicted molar refractivity (Wildman–Crippen MR) is 159 cm³/mol. The Morgan fingerprint density at radius 3 is 2.62 bits per heavy atom. The second-order valence-electron chi connectivity index (χ2n) is 12.5. The zero-order valence-electron chi connectivity index (χ0n) is 23.6. The number of anilines is 1. The summed E-state index contributed by atoms with van der Waals surface area (Å²) < 4.78 is 0. The molecule has 2 aromatic rings. The van der Waals surface area contributed by atoms with Gasteiger partial charge in [-0.25, -0.2) is 0 Å². The van der Waals surface area contributed by atoms with Crippen molar-refractivity contribution in [3.8, 4) is 0 Å². The molecule has 1 aliphatic carbocycles. The normalized spacial score (nSPS) is 28.0. The minimum absolute atomic E-state index is 0.146. The van der Waals surface area contributed by atoms with E-state index in [1.54, 1.807) is 12.3 Å². The molecule has 42 heavy (non-hydrogen) atoms. The van der Waals surface area contributed by atoms with Crippen LogP contribution in [0.15, 0.2) is 47.1 Å². The summed E-state index contributed by atoms with van der Waals surface area (Å²) in [6, 6.07) is 8.93. The zero-order chi connectivity index (χ0) is 29.0. The number of imide groups is 1. The van der Waals surface area contributed by atoms with Gasteiger partial charge in [-0.3, -0.25) is 34.4 Å². The van der Waals surface area contributed by atoms with E-state index < -0.39 is 11.9 Å². The predicted octanol–water partition coefficient (Wildman–Crippen LogP) is 2.05. The van der Waals surface area contributed by atoms with Crippen LogP contribution >= 0.6 is 0 Å². The van der Waals surface area contributed by atoms with E-state index in [0.717, 1.165) is 73.8 Å². The van der Waals surface area contributed by atoms with E-state index in [-0.39, 0.29) is 29.7 Å². The molecule has 4 amide bonds. The highest BCUT2D eigenvalue weighted by atomic mass is 16.2. The van der Waals surface area contributed by atoms with E-state index >= 15 is 0 Å². The molecule has 4 N–H and O–H groups in total. The average Bonchev–Trinajstić information content (AvgIpc) is 3.28. The zero-order valence-corrected chi connectivity index (χ0v) is 23.6. The van der Waals surface area contributed by atoms with Gasteiger partial charge in [-0.05, 0) is 79.4 Å². The number of aliphatic imine (C=N–C) groups is 1. The topological polar surface area (TPSA) is 137 Å². The van der Waals surface area contributed by atoms with Gasteiger partial charge in [-0.1, -0.05) is 18.2 Å². The number of hydrogen-bond acceptors (Lipinski definition) is 7. The molecular weight excluding hydrogens is 532 g/mol. The van der Waals surface area contributed by atoms with Crippen molar-refractivity contribution in [1.82, 2.24) is 15.5 Å². The van der Waals surface area contributed by atoms with Crippen LogP contribution in [0.4, 0.5) is 5.69 Å². The fraction of sp³-hybridized carbons (Fsp3) is 0.469. The van der Waals surface area contributed by atoms with Gasteiger partial charge in [0.2, 0.25) is 17.7 Å². The summed E-state index contributed by atoms with van der Waals surface area (Å²) in [4.78, 5) is 59.4. The molecule has 2 aromatic carbocycles. The summed E-state index contributed by atoms with van der Waals surface area (Å²) in [5, 5.41) is 7.54. The number of carbonyl (C=O) groups excluding carboxylic acids is 4. The maximum atomic E-state index is 13.4. The van der Waals surface area contributed by atoms with E-state index in [1.165, 1.54) is 4.90 Å². The lowest BCUT2D eigenvalue weighted by molar-refractivity contribution is -0.155. The smallest absolute Gasteiger partial charge is 0.259 e. The maximum absolute atomic E-state index is 13.4. The molecule has 8 rings (SSSR count). The fourth-order valence-electron chi connectivity index (χ4n) is 7.68. The fourth-order valence-corrected chi connectivity index (χ4v) is 7.68. The number of nitrogens with two attached hydrogens (primary N) is 1. The number of likely N-dealkylation sites (tertiary alicyclic amines) is 1. The van der Waals surface area contributed by atoms with Crippen molar-refractivity contribution in [2.24, 2.45) is 22.1 Å². The highest BCUT2D eigenvalue weighted by Crippen LogP contribution is 2.49. The maximum Gasteiger partial charge on any atom is 0.259 e. The van der Waals surface area contributed by atoms with Crippen molar-refractivity contribution in [1.29, 1.82) is 0 Å². The first kappa shape index (κ1) is 26.8. The van der Waals surface area contributed by atoms with Crippen molar-refractivity contribution < 1.29 is 19.2 Å². The first-order valence-corrected chi connectivity index (χ1v) is 15.0. The molecule has 5 aliphatic heterocycles. The number of benzene rings is 2. The lowest BCUT2D eigenvalue weighted by Gasteiger charge is -2.53. The van der Waals surface area contributed by atoms with Crippen LogP contribution in [0.5, 0.6) is 0 Å². The Morgan fingerprint density at radius 1 is 1.10 bits per heavy atom. The first-order valence-electron chi connectivity index (χ1n) is 15.0. The van der Waals surface area contributed by atoms with Gasteiger partial charge in [-0.2, -0.15) is 0 Å². The second-order valence-corrected chi connectivity index (χ2v) is 12.5. The van der Waals surface area contributed by atoms with E-state index in [4.69, 9.17) is 10.7 Å². The number of allylic oxidation sites excluding steroid dienone is 1. The Kier molecular flexibility index (Phi) is 6.61. The third kappa shape index (κ3) is 4.40. The monoisotopic (exact) mass is 568 g/mol. The van der Waals surface area contributed by atoms with E-state index in [1.807, 2.05) is 35.4 Å². The third-order valence-electron chi connectivity index (χ3n) is 9.86. The van der Waals surface area contributed by atoms with Crippen molar-refractivity contribution in [2.75, 3.05) is 31.1 Å². The molecule has 0 aromatic heterocycles. The van der Waals surface area contributed by atoms with Gasteiger partial charge >= 0.3 is 0 Å². The van der Waals surface area contributed by atoms with Crippen LogP contribution in [-0.2, 0) is 20.8 Å². The van der Waals surface area contributed by atoms with Crippen molar-refractivity contribution in [3.63, 3.8) is 0 Å². The number of hydrogen-bond donors (Lipinski definition) is 3. The lowest BCUT2D eigenvalue weighted by atomic mass is 9.58. The molecule has 10 nitrogen and oxygen atoms in total. The molecule has 2 bridgehead atoms. The molecule has 218 valence electrons. The Labute approximate surface area is 244 Å². The molecule has 4 saturated heterocycles. The molecule has 1 saturated carbocycles. The molecule has 1 atom stereocenters. The Morgan fingerprint density at radius 2 is 1.90 bits per heavy atom. The Hall–Kier alpha value is -4.05. The number of fused-ring (bicyclic) bond motifs is 2. The quantitative estimate of drug-likeness (QED) is 0.360. The van der Waals surface area contributed by atoms with Gasteiger partial charge < -0.3 is 16.0 Å². The van der Waals surface area contributed by atoms with Gasteiger partial charge in [0.15, 0.2) is 0 Å². The van der Waals surface area contributed by atoms with E-state index in [2.05, 4.69) is 10.6 Å². The van der Waals surface area contributed by atoms with Crippen LogP contribution < -0.4 is 21.3 Å². The SMILES string of the molecule is NC=C(C=NC1CCN(C(=O)C23CNCC(C2)C3)CC1)Cc1ccc2c3c(cccc13)C(=O)N2C1CCC(=O)NC1=O. The minimum atomic E-state index is -0.713. The van der Waals surface area contributed by atoms with Crippen LogP contribution in [0.3, 0.4) is 0 Å². The van der Waals surface area contributed by atoms with Crippen LogP contribution in [0.25, 0.3) is 10.8 Å². The molecule has 5 fully saturated rings. The Balaban J connectivity index is 1.04. The third-order valence-corrected chi connectivity index (χ3v) is 9.86. The highest BCUT2D eigenvalue weighted by molar-refractivity contribution is 6.27. The molecule has 0 radical (unpaired) electrons. The van der Waals surface area contributed by atoms with Gasteiger partial charge in [0, 0.05) is 49.6 Å². The number of amides is 4. The minimum Gasteiger partial charge on any atom is -0.404 e. The summed E-state index contributed by atoms with van der Waals surface area (Å²) in [6.45, 7) is 3.33. The molecular formula is C32H36N6O4. The number of rotatable bonds is 6. The van der Waals surface area contributed by atoms with Crippen LogP contribution in [0.1, 0.15) is 54.4 Å². The standard InChI is InChI=1S/C32H36N6O4/c33-15-19(17-35-22-8-10-37(11-9-22)31(42)32-13-20(14-32)16-34-18-32)12-21-4-5-25-28-23(21)2-1-3-24(28)30(41)38(25)26-6-7-27(39)36-29(26)40/h1-5,15,17,20,22,26,34H,6-14,16,18,33H2,(H,36,39,40). The average molecular weight is 569 g/mol. The molecule has 6 aliphatic rings. The summed E-state index contributed by atoms with van der Waals surface area (Å²) in [7, 11) is 0. The van der Waals surface area contributed by atoms with Gasteiger partial charge in [0.1, 0.15) is 6.04 Å². The van der Waals surface area contributed by atoms with Gasteiger partial charge in [0.25, 0.3) is 5.91 Å². The summed E-state index contributed by atoms with van der Waals surface area (Å²) in [5.41, 5.74) is 9.00. The van der Waals surface area contributed by atoms with E-state index in [9.17, 15) is 19.2 Å². The second kappa shape index (κ2) is 10.3. The van der Waals surface area contributed by atoms with Crippen molar-refractivity contribution in [2.45, 2.75) is 57.0 Å². The molecule has 1 unspecified atom stereocenters. The number of carbonyl (C=O) groups is 4. The largest absolute Gasteiger partial charge is 0.404 e. The highest BCUT2D eigenvalue weighted by Gasteiger charge is 2.53. The summed E-state index contributed by atoms with van der Waals surface area (Å²) >= 11 is 0. The molecule has 0 spiro atoms. The number of piperidine rings is 4. The molecule has 5 heterocycles. The lowest BCUT2D eigenvalue weighted by Crippen LogP contribution is -2.62. The van der Waals surface area contributed by atoms with Crippen LogP contribution in [0.2, 0.25) is 0 Å². The van der Waals surface area contributed by atoms with Crippen LogP contribution in [0, 0.1) is 11.3 Å². The van der Waals surface area contributed by atoms with Gasteiger partial charge in [-0.15, -0.1) is 0 Å². The Bertz CT molecular complexity index is 1540. The number of nitrogens with one attached hydrogen (secondary N) is 2. The van der Waals surface area contributed by atoms with Crippen molar-refractivity contribution in [3.05, 3.63) is 53.2 Å². The van der Waals surface area contributed by atoms with Crippen LogP contribution in [-0.4, -0.2) is 73.0 Å². The molecule has 10 heteroatoms. The number of nitrogens with zero attached hydrogens (tertiary/aromatic N) is 3. The van der Waals surface area contributed by atoms with Gasteiger partial charge in [0.05, 0.1) is 17.1 Å². The van der Waals surface area contributed by atoms with E-state index in [0.29, 0.717) is 35.9 Å². The summed E-state index contributed by atoms with van der Waals surface area (Å²) in [5.74, 6) is 0.00859.